The summed E-state index contributed by atoms with van der Waals surface area (Å²) in [4.78, 5) is 0. The van der Waals surface area contributed by atoms with E-state index in [1.54, 1.807) is 26.4 Å². The van der Waals surface area contributed by atoms with Gasteiger partial charge >= 0.3 is 0 Å². The van der Waals surface area contributed by atoms with E-state index >= 15 is 0 Å². The molecule has 0 aromatic heterocycles. The molecule has 0 heterocycles. The third-order valence-corrected chi connectivity index (χ3v) is 4.03. The number of hydrogen-bond acceptors (Lipinski definition) is 3. The van der Waals surface area contributed by atoms with E-state index in [0.29, 0.717) is 35.1 Å². The summed E-state index contributed by atoms with van der Waals surface area (Å²) in [7, 11) is 3.16. The Balaban J connectivity index is 2.32. The molecule has 118 valence electrons. The van der Waals surface area contributed by atoms with Crippen molar-refractivity contribution in [2.24, 2.45) is 5.73 Å². The average Bonchev–Trinajstić information content (AvgIpc) is 2.54. The topological polar surface area (TPSA) is 44.5 Å². The molecule has 22 heavy (non-hydrogen) atoms. The molecule has 0 spiro atoms. The molecular weight excluding hydrogens is 305 g/mol. The van der Waals surface area contributed by atoms with Gasteiger partial charge < -0.3 is 15.2 Å². The molecule has 2 aromatic rings. The van der Waals surface area contributed by atoms with Crippen LogP contribution in [0.15, 0.2) is 36.4 Å². The summed E-state index contributed by atoms with van der Waals surface area (Å²) in [6.07, 6.45) is 0.428. The van der Waals surface area contributed by atoms with Crippen molar-refractivity contribution in [2.45, 2.75) is 12.3 Å². The van der Waals surface area contributed by atoms with Gasteiger partial charge in [-0.25, -0.2) is 4.39 Å². The minimum Gasteiger partial charge on any atom is -0.493 e. The fraction of sp³-hybridized carbons (Fsp3) is 0.294. The predicted molar refractivity (Wildman–Crippen MR) is 86.5 cm³/mol. The Hall–Kier alpha value is -1.78. The largest absolute Gasteiger partial charge is 0.493 e. The second-order valence-corrected chi connectivity index (χ2v) is 5.36. The van der Waals surface area contributed by atoms with Crippen molar-refractivity contribution in [3.05, 3.63) is 58.4 Å². The number of ether oxygens (including phenoxy) is 2. The molecule has 2 rings (SSSR count). The SMILES string of the molecule is COc1ccc(C(CN)Cc2c(F)cccc2Cl)cc1OC. The molecule has 0 aliphatic rings. The van der Waals surface area contributed by atoms with Gasteiger partial charge in [0, 0.05) is 16.5 Å². The Kier molecular flexibility index (Phi) is 5.63. The molecule has 1 atom stereocenters. The first-order chi connectivity index (χ1) is 10.6. The fourth-order valence-electron chi connectivity index (χ4n) is 2.42. The first-order valence-corrected chi connectivity index (χ1v) is 7.33. The summed E-state index contributed by atoms with van der Waals surface area (Å²) in [5.41, 5.74) is 7.32. The number of nitrogens with two attached hydrogens (primary N) is 1. The van der Waals surface area contributed by atoms with Crippen LogP contribution >= 0.6 is 11.6 Å². The van der Waals surface area contributed by atoms with Gasteiger partial charge in [-0.1, -0.05) is 23.7 Å². The number of hydrogen-bond donors (Lipinski definition) is 1. The van der Waals surface area contributed by atoms with Crippen LogP contribution < -0.4 is 15.2 Å². The molecule has 5 heteroatoms. The third-order valence-electron chi connectivity index (χ3n) is 3.68. The summed E-state index contributed by atoms with van der Waals surface area (Å²) < 4.78 is 24.5. The molecule has 2 aromatic carbocycles. The summed E-state index contributed by atoms with van der Waals surface area (Å²) in [6.45, 7) is 0.375. The van der Waals surface area contributed by atoms with Gasteiger partial charge in [0.2, 0.25) is 0 Å². The Morgan fingerprint density at radius 1 is 1.14 bits per heavy atom. The smallest absolute Gasteiger partial charge is 0.160 e. The predicted octanol–water partition coefficient (Wildman–Crippen LogP) is 3.78. The second-order valence-electron chi connectivity index (χ2n) is 4.95. The standard InChI is InChI=1S/C17H19ClFNO2/c1-21-16-7-6-11(9-17(16)22-2)12(10-20)8-13-14(18)4-3-5-15(13)19/h3-7,9,12H,8,10,20H2,1-2H3. The Labute approximate surface area is 134 Å². The van der Waals surface area contributed by atoms with Crippen LogP contribution in [0, 0.1) is 5.82 Å². The number of benzene rings is 2. The first-order valence-electron chi connectivity index (χ1n) is 6.95. The highest BCUT2D eigenvalue weighted by molar-refractivity contribution is 6.31. The Bertz CT molecular complexity index is 628. The van der Waals surface area contributed by atoms with Crippen LogP contribution in [0.3, 0.4) is 0 Å². The van der Waals surface area contributed by atoms with Crippen LogP contribution in [-0.4, -0.2) is 20.8 Å². The van der Waals surface area contributed by atoms with Crippen LogP contribution in [0.2, 0.25) is 5.02 Å². The molecular formula is C17H19ClFNO2. The van der Waals surface area contributed by atoms with Crippen molar-refractivity contribution in [1.29, 1.82) is 0 Å². The van der Waals surface area contributed by atoms with Crippen molar-refractivity contribution in [3.63, 3.8) is 0 Å². The molecule has 3 nitrogen and oxygen atoms in total. The zero-order valence-corrected chi connectivity index (χ0v) is 13.4. The summed E-state index contributed by atoms with van der Waals surface area (Å²) >= 11 is 6.10. The Morgan fingerprint density at radius 3 is 2.45 bits per heavy atom. The second kappa shape index (κ2) is 7.47. The van der Waals surface area contributed by atoms with Gasteiger partial charge in [-0.3, -0.25) is 0 Å². The molecule has 0 aliphatic heterocycles. The highest BCUT2D eigenvalue weighted by Crippen LogP contribution is 2.33. The highest BCUT2D eigenvalue weighted by atomic mass is 35.5. The molecule has 0 fully saturated rings. The lowest BCUT2D eigenvalue weighted by Gasteiger charge is -2.18. The van der Waals surface area contributed by atoms with Gasteiger partial charge in [0.15, 0.2) is 11.5 Å². The van der Waals surface area contributed by atoms with E-state index in [0.717, 1.165) is 5.56 Å². The van der Waals surface area contributed by atoms with Crippen LogP contribution in [0.5, 0.6) is 11.5 Å². The minimum atomic E-state index is -0.313. The van der Waals surface area contributed by atoms with Gasteiger partial charge in [-0.2, -0.15) is 0 Å². The van der Waals surface area contributed by atoms with Gasteiger partial charge in [0.1, 0.15) is 5.82 Å². The zero-order chi connectivity index (χ0) is 16.1. The lowest BCUT2D eigenvalue weighted by molar-refractivity contribution is 0.354. The molecule has 0 amide bonds. The van der Waals surface area contributed by atoms with Crippen molar-refractivity contribution in [1.82, 2.24) is 0 Å². The molecule has 0 saturated heterocycles. The van der Waals surface area contributed by atoms with E-state index in [-0.39, 0.29) is 11.7 Å². The normalized spacial score (nSPS) is 12.0. The van der Waals surface area contributed by atoms with E-state index in [1.807, 2.05) is 18.2 Å². The van der Waals surface area contributed by atoms with E-state index in [9.17, 15) is 4.39 Å². The molecule has 0 saturated carbocycles. The zero-order valence-electron chi connectivity index (χ0n) is 12.6. The van der Waals surface area contributed by atoms with Gasteiger partial charge in [0.05, 0.1) is 14.2 Å². The maximum Gasteiger partial charge on any atom is 0.160 e. The molecule has 0 bridgehead atoms. The summed E-state index contributed by atoms with van der Waals surface area (Å²) in [6, 6.07) is 10.3. The quantitative estimate of drug-likeness (QED) is 0.880. The van der Waals surface area contributed by atoms with Crippen LogP contribution in [0.4, 0.5) is 4.39 Å². The van der Waals surface area contributed by atoms with Crippen molar-refractivity contribution < 1.29 is 13.9 Å². The fourth-order valence-corrected chi connectivity index (χ4v) is 2.66. The van der Waals surface area contributed by atoms with Crippen molar-refractivity contribution in [2.75, 3.05) is 20.8 Å². The van der Waals surface area contributed by atoms with Crippen LogP contribution in [0.1, 0.15) is 17.0 Å². The van der Waals surface area contributed by atoms with E-state index in [4.69, 9.17) is 26.8 Å². The molecule has 0 radical (unpaired) electrons. The maximum absolute atomic E-state index is 14.0. The first kappa shape index (κ1) is 16.6. The van der Waals surface area contributed by atoms with Gasteiger partial charge in [-0.15, -0.1) is 0 Å². The molecule has 1 unspecified atom stereocenters. The number of rotatable bonds is 6. The molecule has 0 aliphatic carbocycles. The van der Waals surface area contributed by atoms with Gasteiger partial charge in [-0.05, 0) is 42.8 Å². The monoisotopic (exact) mass is 323 g/mol. The highest BCUT2D eigenvalue weighted by Gasteiger charge is 2.17. The van der Waals surface area contributed by atoms with Crippen molar-refractivity contribution >= 4 is 11.6 Å². The number of halogens is 2. The summed E-state index contributed by atoms with van der Waals surface area (Å²) in [5.74, 6) is 0.893. The van der Waals surface area contributed by atoms with Crippen molar-refractivity contribution in [3.8, 4) is 11.5 Å². The Morgan fingerprint density at radius 2 is 1.86 bits per heavy atom. The van der Waals surface area contributed by atoms with E-state index in [1.165, 1.54) is 6.07 Å². The lowest BCUT2D eigenvalue weighted by Crippen LogP contribution is -2.16. The average molecular weight is 324 g/mol. The van der Waals surface area contributed by atoms with Crippen LogP contribution in [-0.2, 0) is 6.42 Å². The molecule has 2 N–H and O–H groups in total. The lowest BCUT2D eigenvalue weighted by atomic mass is 9.91. The minimum absolute atomic E-state index is 0.0609. The third kappa shape index (κ3) is 3.51. The maximum atomic E-state index is 14.0. The summed E-state index contributed by atoms with van der Waals surface area (Å²) in [5, 5.41) is 0.416. The van der Waals surface area contributed by atoms with E-state index < -0.39 is 0 Å². The van der Waals surface area contributed by atoms with Crippen LogP contribution in [0.25, 0.3) is 0 Å². The number of methoxy groups -OCH3 is 2. The van der Waals surface area contributed by atoms with E-state index in [2.05, 4.69) is 0 Å². The van der Waals surface area contributed by atoms with Gasteiger partial charge in [0.25, 0.3) is 0 Å².